The highest BCUT2D eigenvalue weighted by Crippen LogP contribution is 2.35. The Kier molecular flexibility index (Phi) is 3.88. The molecular weight excluding hydrogens is 337 g/mol. The molecule has 3 rings (SSSR count). The average molecular weight is 348 g/mol. The smallest absolute Gasteiger partial charge is 0.301 e. The van der Waals surface area contributed by atoms with Gasteiger partial charge < -0.3 is 5.11 Å². The first kappa shape index (κ1) is 15.6. The van der Waals surface area contributed by atoms with Crippen molar-refractivity contribution in [2.75, 3.05) is 4.90 Å². The summed E-state index contributed by atoms with van der Waals surface area (Å²) in [5.74, 6) is -1.96. The van der Waals surface area contributed by atoms with Crippen LogP contribution in [-0.2, 0) is 9.59 Å². The minimum atomic E-state index is -0.773. The van der Waals surface area contributed by atoms with Crippen LogP contribution >= 0.6 is 23.2 Å². The molecule has 0 aliphatic carbocycles. The van der Waals surface area contributed by atoms with Crippen LogP contribution in [0.15, 0.2) is 48.2 Å². The number of hydrogen-bond donors (Lipinski definition) is 1. The number of halogens is 2. The lowest BCUT2D eigenvalue weighted by Crippen LogP contribution is -2.32. The van der Waals surface area contributed by atoms with Gasteiger partial charge in [-0.3, -0.25) is 9.59 Å². The Labute approximate surface area is 142 Å². The Morgan fingerprint density at radius 1 is 0.957 bits per heavy atom. The first-order valence-corrected chi connectivity index (χ1v) is 7.50. The number of carbonyl (C=O) groups is 2. The first-order valence-electron chi connectivity index (χ1n) is 6.75. The molecule has 1 aliphatic rings. The van der Waals surface area contributed by atoms with E-state index < -0.39 is 17.6 Å². The molecule has 1 N–H and O–H groups in total. The molecular formula is C17H11Cl2NO3. The lowest BCUT2D eigenvalue weighted by Gasteiger charge is -2.17. The van der Waals surface area contributed by atoms with Crippen LogP contribution in [0.3, 0.4) is 0 Å². The minimum Gasteiger partial charge on any atom is -0.502 e. The summed E-state index contributed by atoms with van der Waals surface area (Å²) in [5.41, 5.74) is 1.31. The van der Waals surface area contributed by atoms with Gasteiger partial charge in [-0.2, -0.15) is 0 Å². The van der Waals surface area contributed by atoms with Crippen molar-refractivity contribution < 1.29 is 14.7 Å². The van der Waals surface area contributed by atoms with Crippen LogP contribution in [0.5, 0.6) is 0 Å². The Balaban J connectivity index is 2.09. The molecule has 0 aromatic heterocycles. The summed E-state index contributed by atoms with van der Waals surface area (Å²) >= 11 is 11.9. The van der Waals surface area contributed by atoms with E-state index in [1.807, 2.05) is 0 Å². The number of rotatable bonds is 2. The minimum absolute atomic E-state index is 0.0500. The van der Waals surface area contributed by atoms with E-state index in [4.69, 9.17) is 23.2 Å². The van der Waals surface area contributed by atoms with Gasteiger partial charge in [-0.25, -0.2) is 4.90 Å². The molecule has 2 aromatic carbocycles. The highest BCUT2D eigenvalue weighted by molar-refractivity contribution is 6.45. The third kappa shape index (κ3) is 2.50. The number of aliphatic hydroxyl groups excluding tert-OH is 1. The zero-order valence-electron chi connectivity index (χ0n) is 12.0. The molecule has 0 saturated heterocycles. The van der Waals surface area contributed by atoms with E-state index in [2.05, 4.69) is 0 Å². The van der Waals surface area contributed by atoms with E-state index in [1.54, 1.807) is 49.4 Å². The van der Waals surface area contributed by atoms with Gasteiger partial charge in [0.15, 0.2) is 5.76 Å². The van der Waals surface area contributed by atoms with Crippen LogP contribution in [0.2, 0.25) is 10.0 Å². The summed E-state index contributed by atoms with van der Waals surface area (Å²) in [7, 11) is 0. The molecule has 0 saturated carbocycles. The van der Waals surface area contributed by atoms with Crippen molar-refractivity contribution in [1.82, 2.24) is 0 Å². The van der Waals surface area contributed by atoms with Crippen LogP contribution in [0.4, 0.5) is 5.69 Å². The van der Waals surface area contributed by atoms with Crippen molar-refractivity contribution >= 4 is 46.3 Å². The van der Waals surface area contributed by atoms with E-state index >= 15 is 0 Å². The fourth-order valence-electron chi connectivity index (χ4n) is 2.45. The fraction of sp³-hybridized carbons (Fsp3) is 0.0588. The van der Waals surface area contributed by atoms with Gasteiger partial charge in [0.25, 0.3) is 5.91 Å². The van der Waals surface area contributed by atoms with Crippen LogP contribution in [-0.4, -0.2) is 16.9 Å². The molecule has 0 radical (unpaired) electrons. The van der Waals surface area contributed by atoms with E-state index in [0.717, 1.165) is 4.90 Å². The zero-order valence-corrected chi connectivity index (χ0v) is 13.5. The highest BCUT2D eigenvalue weighted by Gasteiger charge is 2.40. The van der Waals surface area contributed by atoms with E-state index in [-0.39, 0.29) is 5.57 Å². The molecule has 116 valence electrons. The van der Waals surface area contributed by atoms with Crippen LogP contribution < -0.4 is 4.90 Å². The number of nitrogens with zero attached hydrogens (tertiary/aromatic N) is 1. The van der Waals surface area contributed by atoms with Crippen molar-refractivity contribution in [3.8, 4) is 0 Å². The second-order valence-electron chi connectivity index (χ2n) is 5.06. The zero-order chi connectivity index (χ0) is 16.7. The molecule has 1 aliphatic heterocycles. The second kappa shape index (κ2) is 5.72. The van der Waals surface area contributed by atoms with Gasteiger partial charge in [0.2, 0.25) is 0 Å². The highest BCUT2D eigenvalue weighted by atomic mass is 35.5. The number of carbonyl (C=O) groups excluding carboxylic acids is 2. The Morgan fingerprint density at radius 3 is 2.26 bits per heavy atom. The molecule has 4 nitrogen and oxygen atoms in total. The van der Waals surface area contributed by atoms with E-state index in [9.17, 15) is 14.7 Å². The molecule has 1 heterocycles. The maximum absolute atomic E-state index is 12.7. The predicted molar refractivity (Wildman–Crippen MR) is 89.7 cm³/mol. The quantitative estimate of drug-likeness (QED) is 0.830. The van der Waals surface area contributed by atoms with Crippen LogP contribution in [0, 0.1) is 6.92 Å². The number of benzene rings is 2. The standard InChI is InChI=1S/C17H11Cl2NO3/c1-9-12(19)3-2-4-13(9)20-16(22)14(15(21)17(20)23)10-5-7-11(18)8-6-10/h2-8,21H,1H3. The topological polar surface area (TPSA) is 57.6 Å². The summed E-state index contributed by atoms with van der Waals surface area (Å²) < 4.78 is 0. The van der Waals surface area contributed by atoms with Gasteiger partial charge in [-0.05, 0) is 42.3 Å². The monoisotopic (exact) mass is 347 g/mol. The third-order valence-electron chi connectivity index (χ3n) is 3.67. The van der Waals surface area contributed by atoms with Crippen molar-refractivity contribution in [3.63, 3.8) is 0 Å². The first-order chi connectivity index (χ1) is 10.9. The second-order valence-corrected chi connectivity index (χ2v) is 5.90. The molecule has 2 amide bonds. The maximum Gasteiger partial charge on any atom is 0.301 e. The molecule has 0 bridgehead atoms. The maximum atomic E-state index is 12.7. The molecule has 0 atom stereocenters. The summed E-state index contributed by atoms with van der Waals surface area (Å²) in [6, 6.07) is 11.2. The van der Waals surface area contributed by atoms with Crippen LogP contribution in [0.1, 0.15) is 11.1 Å². The lowest BCUT2D eigenvalue weighted by atomic mass is 10.1. The molecule has 23 heavy (non-hydrogen) atoms. The SMILES string of the molecule is Cc1c(Cl)cccc1N1C(=O)C(O)=C(c2ccc(Cl)cc2)C1=O. The number of anilines is 1. The number of aliphatic hydroxyl groups is 1. The van der Waals surface area contributed by atoms with Crippen molar-refractivity contribution in [3.05, 3.63) is 69.4 Å². The number of amides is 2. The van der Waals surface area contributed by atoms with Gasteiger partial charge in [-0.15, -0.1) is 0 Å². The predicted octanol–water partition coefficient (Wildman–Crippen LogP) is 4.14. The molecule has 0 spiro atoms. The third-order valence-corrected chi connectivity index (χ3v) is 4.33. The Hall–Kier alpha value is -2.30. The summed E-state index contributed by atoms with van der Waals surface area (Å²) in [6.07, 6.45) is 0. The van der Waals surface area contributed by atoms with Crippen LogP contribution in [0.25, 0.3) is 5.57 Å². The molecule has 2 aromatic rings. The van der Waals surface area contributed by atoms with E-state index in [1.165, 1.54) is 0 Å². The van der Waals surface area contributed by atoms with Gasteiger partial charge in [0.05, 0.1) is 11.3 Å². The van der Waals surface area contributed by atoms with Gasteiger partial charge in [0, 0.05) is 10.0 Å². The summed E-state index contributed by atoms with van der Waals surface area (Å²) in [4.78, 5) is 26.0. The van der Waals surface area contributed by atoms with Crippen molar-refractivity contribution in [2.24, 2.45) is 0 Å². The van der Waals surface area contributed by atoms with E-state index in [0.29, 0.717) is 26.9 Å². The summed E-state index contributed by atoms with van der Waals surface area (Å²) in [6.45, 7) is 1.70. The summed E-state index contributed by atoms with van der Waals surface area (Å²) in [5, 5.41) is 11.1. The number of imide groups is 1. The van der Waals surface area contributed by atoms with Gasteiger partial charge in [0.1, 0.15) is 0 Å². The molecule has 6 heteroatoms. The average Bonchev–Trinajstić information content (AvgIpc) is 2.74. The lowest BCUT2D eigenvalue weighted by molar-refractivity contribution is -0.121. The Morgan fingerprint density at radius 2 is 1.61 bits per heavy atom. The largest absolute Gasteiger partial charge is 0.502 e. The van der Waals surface area contributed by atoms with Gasteiger partial charge in [-0.1, -0.05) is 41.4 Å². The fourth-order valence-corrected chi connectivity index (χ4v) is 2.75. The number of hydrogen-bond acceptors (Lipinski definition) is 3. The van der Waals surface area contributed by atoms with Crippen molar-refractivity contribution in [2.45, 2.75) is 6.92 Å². The Bertz CT molecular complexity index is 857. The van der Waals surface area contributed by atoms with Crippen molar-refractivity contribution in [1.29, 1.82) is 0 Å². The molecule has 0 unspecified atom stereocenters. The van der Waals surface area contributed by atoms with Gasteiger partial charge >= 0.3 is 5.91 Å². The normalized spacial score (nSPS) is 14.8. The molecule has 0 fully saturated rings.